The van der Waals surface area contributed by atoms with Crippen molar-refractivity contribution in [2.75, 3.05) is 50.8 Å². The summed E-state index contributed by atoms with van der Waals surface area (Å²) in [4.78, 5) is 32.5. The molecule has 2 fully saturated rings. The van der Waals surface area contributed by atoms with E-state index >= 15 is 0 Å². The number of carbonyl (C=O) groups is 2. The summed E-state index contributed by atoms with van der Waals surface area (Å²) in [6, 6.07) is 26.1. The molecule has 3 aromatic carbocycles. The lowest BCUT2D eigenvalue weighted by Crippen LogP contribution is -2.54. The van der Waals surface area contributed by atoms with Gasteiger partial charge < -0.3 is 19.4 Å². The third-order valence-corrected chi connectivity index (χ3v) is 7.31. The van der Waals surface area contributed by atoms with Gasteiger partial charge in [-0.05, 0) is 36.2 Å². The van der Waals surface area contributed by atoms with Crippen LogP contribution in [0.1, 0.15) is 17.9 Å². The molecule has 0 saturated carbocycles. The fourth-order valence-electron chi connectivity index (χ4n) is 5.34. The highest BCUT2D eigenvalue weighted by Gasteiger charge is 2.37. The molecule has 3 aromatic rings. The number of benzene rings is 3. The molecule has 0 aliphatic carbocycles. The molecule has 2 saturated heterocycles. The van der Waals surface area contributed by atoms with Crippen molar-refractivity contribution in [3.63, 3.8) is 0 Å². The molecule has 2 aliphatic heterocycles. The van der Waals surface area contributed by atoms with Crippen molar-refractivity contribution >= 4 is 17.5 Å². The van der Waals surface area contributed by atoms with E-state index in [-0.39, 0.29) is 36.1 Å². The second-order valence-corrected chi connectivity index (χ2v) is 9.70. The van der Waals surface area contributed by atoms with Crippen LogP contribution in [0.3, 0.4) is 0 Å². The molecular formula is C30H32FN3O3. The van der Waals surface area contributed by atoms with E-state index in [2.05, 4.69) is 12.1 Å². The predicted octanol–water partition coefficient (Wildman–Crippen LogP) is 4.19. The molecule has 0 N–H and O–H groups in total. The molecule has 2 aliphatic rings. The van der Waals surface area contributed by atoms with E-state index in [1.807, 2.05) is 64.4 Å². The van der Waals surface area contributed by atoms with Crippen LogP contribution in [-0.2, 0) is 9.59 Å². The SMILES string of the molecule is O=C(COc1ccccc1)N1C[C@H](C(=O)N2CCN(c3ccccc3F)CC2)C[C@H](c2ccccc2)C1. The number of likely N-dealkylation sites (tertiary alicyclic amines) is 1. The highest BCUT2D eigenvalue weighted by atomic mass is 19.1. The number of piperazine rings is 1. The molecule has 0 unspecified atom stereocenters. The van der Waals surface area contributed by atoms with Gasteiger partial charge in [-0.1, -0.05) is 60.7 Å². The molecule has 5 rings (SSSR count). The Hall–Kier alpha value is -3.87. The number of nitrogens with zero attached hydrogens (tertiary/aromatic N) is 3. The lowest BCUT2D eigenvalue weighted by atomic mass is 9.83. The fraction of sp³-hybridized carbons (Fsp3) is 0.333. The Morgan fingerprint density at radius 1 is 0.784 bits per heavy atom. The van der Waals surface area contributed by atoms with Gasteiger partial charge in [-0.25, -0.2) is 4.39 Å². The molecule has 0 radical (unpaired) electrons. The summed E-state index contributed by atoms with van der Waals surface area (Å²) in [5.41, 5.74) is 1.71. The molecule has 0 spiro atoms. The highest BCUT2D eigenvalue weighted by molar-refractivity contribution is 5.82. The van der Waals surface area contributed by atoms with E-state index in [0.29, 0.717) is 57.1 Å². The van der Waals surface area contributed by atoms with Crippen LogP contribution in [0.4, 0.5) is 10.1 Å². The Morgan fingerprint density at radius 2 is 1.43 bits per heavy atom. The molecule has 2 atom stereocenters. The monoisotopic (exact) mass is 501 g/mol. The number of ether oxygens (including phenoxy) is 1. The summed E-state index contributed by atoms with van der Waals surface area (Å²) in [6.45, 7) is 3.10. The van der Waals surface area contributed by atoms with Gasteiger partial charge in [-0.3, -0.25) is 9.59 Å². The summed E-state index contributed by atoms with van der Waals surface area (Å²) < 4.78 is 20.0. The molecular weight excluding hydrogens is 469 g/mol. The Balaban J connectivity index is 1.26. The summed E-state index contributed by atoms with van der Waals surface area (Å²) in [5, 5.41) is 0. The summed E-state index contributed by atoms with van der Waals surface area (Å²) in [6.07, 6.45) is 0.694. The van der Waals surface area contributed by atoms with Gasteiger partial charge in [-0.15, -0.1) is 0 Å². The minimum atomic E-state index is -0.292. The van der Waals surface area contributed by atoms with Crippen LogP contribution in [0.2, 0.25) is 0 Å². The summed E-state index contributed by atoms with van der Waals surface area (Å²) >= 11 is 0. The number of piperidine rings is 1. The Bertz CT molecular complexity index is 1200. The van der Waals surface area contributed by atoms with Gasteiger partial charge >= 0.3 is 0 Å². The van der Waals surface area contributed by atoms with Gasteiger partial charge in [0.15, 0.2) is 6.61 Å². The number of hydrogen-bond donors (Lipinski definition) is 0. The van der Waals surface area contributed by atoms with Gasteiger partial charge in [0.05, 0.1) is 11.6 Å². The van der Waals surface area contributed by atoms with Crippen molar-refractivity contribution in [3.8, 4) is 5.75 Å². The largest absolute Gasteiger partial charge is 0.484 e. The Labute approximate surface area is 217 Å². The lowest BCUT2D eigenvalue weighted by molar-refractivity contribution is -0.142. The lowest BCUT2D eigenvalue weighted by Gasteiger charge is -2.41. The maximum absolute atomic E-state index is 14.2. The Kier molecular flexibility index (Phi) is 7.68. The molecule has 37 heavy (non-hydrogen) atoms. The number of amides is 2. The number of hydrogen-bond acceptors (Lipinski definition) is 4. The first-order valence-electron chi connectivity index (χ1n) is 12.9. The topological polar surface area (TPSA) is 53.1 Å². The van der Waals surface area contributed by atoms with Crippen LogP contribution in [0.5, 0.6) is 5.75 Å². The zero-order valence-electron chi connectivity index (χ0n) is 20.8. The van der Waals surface area contributed by atoms with E-state index in [9.17, 15) is 14.0 Å². The van der Waals surface area contributed by atoms with Gasteiger partial charge in [0.25, 0.3) is 5.91 Å². The first-order chi connectivity index (χ1) is 18.1. The first kappa shape index (κ1) is 24.8. The number of halogens is 1. The van der Waals surface area contributed by atoms with Crippen LogP contribution >= 0.6 is 0 Å². The van der Waals surface area contributed by atoms with Crippen molar-refractivity contribution in [2.45, 2.75) is 12.3 Å². The number of para-hydroxylation sites is 2. The predicted molar refractivity (Wildman–Crippen MR) is 141 cm³/mol. The quantitative estimate of drug-likeness (QED) is 0.509. The first-order valence-corrected chi connectivity index (χ1v) is 12.9. The van der Waals surface area contributed by atoms with Crippen molar-refractivity contribution in [1.29, 1.82) is 0 Å². The maximum atomic E-state index is 14.2. The zero-order chi connectivity index (χ0) is 25.6. The van der Waals surface area contributed by atoms with Crippen molar-refractivity contribution in [2.24, 2.45) is 5.92 Å². The van der Waals surface area contributed by atoms with Gasteiger partial charge in [0.2, 0.25) is 5.91 Å². The van der Waals surface area contributed by atoms with Crippen molar-refractivity contribution in [1.82, 2.24) is 9.80 Å². The van der Waals surface area contributed by atoms with E-state index < -0.39 is 0 Å². The molecule has 6 nitrogen and oxygen atoms in total. The second kappa shape index (κ2) is 11.5. The molecule has 192 valence electrons. The smallest absolute Gasteiger partial charge is 0.260 e. The third-order valence-electron chi connectivity index (χ3n) is 7.31. The molecule has 7 heteroatoms. The third kappa shape index (κ3) is 5.93. The molecule has 0 bridgehead atoms. The molecule has 2 amide bonds. The zero-order valence-corrected chi connectivity index (χ0v) is 20.8. The van der Waals surface area contributed by atoms with Crippen molar-refractivity contribution in [3.05, 3.63) is 96.3 Å². The minimum Gasteiger partial charge on any atom is -0.484 e. The van der Waals surface area contributed by atoms with E-state index in [1.165, 1.54) is 6.07 Å². The highest BCUT2D eigenvalue weighted by Crippen LogP contribution is 2.32. The van der Waals surface area contributed by atoms with Crippen LogP contribution < -0.4 is 9.64 Å². The van der Waals surface area contributed by atoms with Crippen LogP contribution in [0, 0.1) is 11.7 Å². The van der Waals surface area contributed by atoms with Crippen LogP contribution in [0.25, 0.3) is 0 Å². The maximum Gasteiger partial charge on any atom is 0.260 e. The van der Waals surface area contributed by atoms with Crippen LogP contribution in [-0.4, -0.2) is 67.5 Å². The number of rotatable bonds is 6. The van der Waals surface area contributed by atoms with Gasteiger partial charge in [0, 0.05) is 45.2 Å². The average Bonchev–Trinajstić information content (AvgIpc) is 2.96. The second-order valence-electron chi connectivity index (χ2n) is 9.70. The Morgan fingerprint density at radius 3 is 2.14 bits per heavy atom. The molecule has 0 aromatic heterocycles. The van der Waals surface area contributed by atoms with Gasteiger partial charge in [0.1, 0.15) is 11.6 Å². The van der Waals surface area contributed by atoms with E-state index in [4.69, 9.17) is 4.74 Å². The van der Waals surface area contributed by atoms with E-state index in [0.717, 1.165) is 5.56 Å². The average molecular weight is 502 g/mol. The minimum absolute atomic E-state index is 0.0618. The standard InChI is InChI=1S/C30H32FN3O3/c31-27-13-7-8-14-28(27)32-15-17-33(18-16-32)30(36)25-19-24(23-9-3-1-4-10-23)20-34(21-25)29(35)22-37-26-11-5-2-6-12-26/h1-14,24-25H,15-22H2/t24-,25+/m0/s1. The number of anilines is 1. The number of carbonyl (C=O) groups excluding carboxylic acids is 2. The fourth-order valence-corrected chi connectivity index (χ4v) is 5.34. The summed E-state index contributed by atoms with van der Waals surface area (Å²) in [7, 11) is 0. The van der Waals surface area contributed by atoms with Crippen molar-refractivity contribution < 1.29 is 18.7 Å². The normalized spacial score (nSPS) is 20.0. The van der Waals surface area contributed by atoms with Gasteiger partial charge in [-0.2, -0.15) is 0 Å². The van der Waals surface area contributed by atoms with E-state index in [1.54, 1.807) is 17.0 Å². The van der Waals surface area contributed by atoms with Crippen LogP contribution in [0.15, 0.2) is 84.9 Å². The summed E-state index contributed by atoms with van der Waals surface area (Å²) in [5.74, 6) is 0.131. The molecule has 2 heterocycles.